The molecule has 4 aliphatic heterocycles. The van der Waals surface area contributed by atoms with Gasteiger partial charge in [-0.3, -0.25) is 4.79 Å². The van der Waals surface area contributed by atoms with Crippen LogP contribution in [0.25, 0.3) is 0 Å². The lowest BCUT2D eigenvalue weighted by Crippen LogP contribution is -2.44. The van der Waals surface area contributed by atoms with Crippen LogP contribution in [-0.2, 0) is 23.8 Å². The van der Waals surface area contributed by atoms with Crippen molar-refractivity contribution in [3.63, 3.8) is 0 Å². The van der Waals surface area contributed by atoms with Crippen molar-refractivity contribution in [2.24, 2.45) is 23.7 Å². The average molecular weight is 466 g/mol. The Labute approximate surface area is 185 Å². The van der Waals surface area contributed by atoms with Gasteiger partial charge in [-0.15, -0.1) is 0 Å². The molecule has 0 spiro atoms. The highest BCUT2D eigenvalue weighted by molar-refractivity contribution is 5.76. The van der Waals surface area contributed by atoms with E-state index in [1.165, 1.54) is 19.4 Å². The maximum absolute atomic E-state index is 12.6. The Hall–Kier alpha value is -1.43. The normalized spacial score (nSPS) is 29.7. The van der Waals surface area contributed by atoms with E-state index in [2.05, 4.69) is 4.90 Å². The molecule has 32 heavy (non-hydrogen) atoms. The van der Waals surface area contributed by atoms with Gasteiger partial charge >= 0.3 is 12.1 Å². The molecule has 0 aromatic rings. The lowest BCUT2D eigenvalue weighted by Gasteiger charge is -2.35. The van der Waals surface area contributed by atoms with Crippen LogP contribution >= 0.6 is 0 Å². The SMILES string of the molecule is O=C(C[C@@H]1COC[C@H]2CN(CC3CCOCC3)C[C@@H]12)N1CCOCC1.O=C(O)C(F)(F)F. The highest BCUT2D eigenvalue weighted by Gasteiger charge is 2.42. The number of carbonyl (C=O) groups is 2. The number of alkyl halides is 3. The van der Waals surface area contributed by atoms with Crippen LogP contribution in [0.4, 0.5) is 13.2 Å². The van der Waals surface area contributed by atoms with Gasteiger partial charge in [0.05, 0.1) is 26.4 Å². The van der Waals surface area contributed by atoms with E-state index in [-0.39, 0.29) is 0 Å². The van der Waals surface area contributed by atoms with Gasteiger partial charge in [0.2, 0.25) is 5.91 Å². The maximum Gasteiger partial charge on any atom is 0.490 e. The number of amides is 1. The minimum absolute atomic E-state index is 0.292. The number of carboxylic acids is 1. The summed E-state index contributed by atoms with van der Waals surface area (Å²) in [6, 6.07) is 0. The van der Waals surface area contributed by atoms with E-state index in [9.17, 15) is 18.0 Å². The highest BCUT2D eigenvalue weighted by Crippen LogP contribution is 2.36. The van der Waals surface area contributed by atoms with Gasteiger partial charge in [0.15, 0.2) is 0 Å². The number of ether oxygens (including phenoxy) is 3. The van der Waals surface area contributed by atoms with Crippen molar-refractivity contribution in [2.75, 3.05) is 72.4 Å². The molecule has 4 heterocycles. The number of carbonyl (C=O) groups excluding carboxylic acids is 1. The number of carboxylic acid groups (broad SMARTS) is 1. The van der Waals surface area contributed by atoms with Gasteiger partial charge in [0, 0.05) is 52.4 Å². The molecule has 0 saturated carbocycles. The fourth-order valence-electron chi connectivity index (χ4n) is 5.01. The summed E-state index contributed by atoms with van der Waals surface area (Å²) in [5, 5.41) is 7.12. The summed E-state index contributed by atoms with van der Waals surface area (Å²) >= 11 is 0. The third-order valence-corrected chi connectivity index (χ3v) is 6.74. The zero-order chi connectivity index (χ0) is 23.1. The lowest BCUT2D eigenvalue weighted by atomic mass is 9.81. The molecule has 4 saturated heterocycles. The summed E-state index contributed by atoms with van der Waals surface area (Å²) in [7, 11) is 0. The lowest BCUT2D eigenvalue weighted by molar-refractivity contribution is -0.192. The molecule has 11 heteroatoms. The van der Waals surface area contributed by atoms with Crippen LogP contribution in [-0.4, -0.2) is 105 Å². The summed E-state index contributed by atoms with van der Waals surface area (Å²) in [5.74, 6) is -0.0698. The van der Waals surface area contributed by atoms with Gasteiger partial charge in [-0.2, -0.15) is 13.2 Å². The first-order chi connectivity index (χ1) is 15.2. The summed E-state index contributed by atoms with van der Waals surface area (Å²) < 4.78 is 48.5. The van der Waals surface area contributed by atoms with E-state index in [4.69, 9.17) is 24.1 Å². The van der Waals surface area contributed by atoms with E-state index < -0.39 is 12.1 Å². The zero-order valence-electron chi connectivity index (χ0n) is 18.2. The second kappa shape index (κ2) is 11.6. The molecule has 8 nitrogen and oxygen atoms in total. The highest BCUT2D eigenvalue weighted by atomic mass is 19.4. The molecule has 1 amide bonds. The van der Waals surface area contributed by atoms with Gasteiger partial charge in [0.1, 0.15) is 0 Å². The Balaban J connectivity index is 0.000000360. The summed E-state index contributed by atoms with van der Waals surface area (Å²) in [6.45, 7) is 9.80. The molecule has 0 radical (unpaired) electrons. The van der Waals surface area contributed by atoms with Gasteiger partial charge in [-0.05, 0) is 36.5 Å². The van der Waals surface area contributed by atoms with Gasteiger partial charge < -0.3 is 29.1 Å². The van der Waals surface area contributed by atoms with E-state index in [1.807, 2.05) is 4.90 Å². The first-order valence-corrected chi connectivity index (χ1v) is 11.3. The number of halogens is 3. The number of rotatable bonds is 4. The topological polar surface area (TPSA) is 88.5 Å². The van der Waals surface area contributed by atoms with E-state index in [1.54, 1.807) is 0 Å². The summed E-state index contributed by atoms with van der Waals surface area (Å²) in [5.41, 5.74) is 0. The van der Waals surface area contributed by atoms with E-state index >= 15 is 0 Å². The fourth-order valence-corrected chi connectivity index (χ4v) is 5.01. The first-order valence-electron chi connectivity index (χ1n) is 11.3. The van der Waals surface area contributed by atoms with Crippen LogP contribution < -0.4 is 0 Å². The van der Waals surface area contributed by atoms with Gasteiger partial charge in [0.25, 0.3) is 0 Å². The Morgan fingerprint density at radius 2 is 1.56 bits per heavy atom. The van der Waals surface area contributed by atoms with Gasteiger partial charge in [-0.1, -0.05) is 0 Å². The molecule has 0 unspecified atom stereocenters. The van der Waals surface area contributed by atoms with Crippen LogP contribution in [0.2, 0.25) is 0 Å². The molecule has 4 fully saturated rings. The zero-order valence-corrected chi connectivity index (χ0v) is 18.2. The number of likely N-dealkylation sites (tertiary alicyclic amines) is 1. The maximum atomic E-state index is 12.6. The molecule has 0 bridgehead atoms. The molecular weight excluding hydrogens is 433 g/mol. The molecule has 0 aliphatic carbocycles. The quantitative estimate of drug-likeness (QED) is 0.672. The Kier molecular flexibility index (Phi) is 9.15. The van der Waals surface area contributed by atoms with Crippen molar-refractivity contribution in [2.45, 2.75) is 25.4 Å². The largest absolute Gasteiger partial charge is 0.490 e. The van der Waals surface area contributed by atoms with Crippen molar-refractivity contribution in [1.82, 2.24) is 9.80 Å². The van der Waals surface area contributed by atoms with Crippen molar-refractivity contribution >= 4 is 11.9 Å². The van der Waals surface area contributed by atoms with Crippen LogP contribution in [0.15, 0.2) is 0 Å². The second-order valence-corrected chi connectivity index (χ2v) is 9.00. The monoisotopic (exact) mass is 466 g/mol. The van der Waals surface area contributed by atoms with Crippen LogP contribution in [0.3, 0.4) is 0 Å². The number of hydrogen-bond donors (Lipinski definition) is 1. The number of aliphatic carboxylic acids is 1. The third-order valence-electron chi connectivity index (χ3n) is 6.74. The number of nitrogens with zero attached hydrogens (tertiary/aromatic N) is 2. The third kappa shape index (κ3) is 7.29. The second-order valence-electron chi connectivity index (χ2n) is 9.00. The van der Waals surface area contributed by atoms with E-state index in [0.29, 0.717) is 43.3 Å². The Morgan fingerprint density at radius 1 is 0.938 bits per heavy atom. The minimum Gasteiger partial charge on any atom is -0.475 e. The Bertz CT molecular complexity index is 623. The molecule has 3 atom stereocenters. The fraction of sp³-hybridized carbons (Fsp3) is 0.905. The number of fused-ring (bicyclic) bond motifs is 1. The number of hydrogen-bond acceptors (Lipinski definition) is 6. The van der Waals surface area contributed by atoms with Crippen molar-refractivity contribution in [3.05, 3.63) is 0 Å². The van der Waals surface area contributed by atoms with Crippen LogP contribution in [0.1, 0.15) is 19.3 Å². The first kappa shape index (κ1) is 25.2. The van der Waals surface area contributed by atoms with Gasteiger partial charge in [-0.25, -0.2) is 4.79 Å². The summed E-state index contributed by atoms with van der Waals surface area (Å²) in [6.07, 6.45) is -2.05. The standard InChI is InChI=1S/C19H32N2O4.C2HF3O2/c22-19(21-3-7-24-8-4-21)9-16-13-25-14-17-11-20(12-18(16)17)10-15-1-5-23-6-2-15;3-2(4,5)1(6)7/h15-18H,1-14H2;(H,6,7)/t16-,17-,18+;/m1./s1. The molecular formula is C21H33F3N2O6. The minimum atomic E-state index is -5.08. The van der Waals surface area contributed by atoms with Crippen LogP contribution in [0, 0.1) is 23.7 Å². The van der Waals surface area contributed by atoms with E-state index in [0.717, 1.165) is 58.5 Å². The molecule has 4 aliphatic rings. The number of morpholine rings is 1. The molecule has 0 aromatic carbocycles. The van der Waals surface area contributed by atoms with Crippen molar-refractivity contribution in [1.29, 1.82) is 0 Å². The molecule has 184 valence electrons. The molecule has 4 rings (SSSR count). The predicted molar refractivity (Wildman–Crippen MR) is 107 cm³/mol. The smallest absolute Gasteiger partial charge is 0.475 e. The van der Waals surface area contributed by atoms with Crippen molar-refractivity contribution < 1.29 is 42.1 Å². The average Bonchev–Trinajstić information content (AvgIpc) is 3.18. The van der Waals surface area contributed by atoms with Crippen molar-refractivity contribution in [3.8, 4) is 0 Å². The Morgan fingerprint density at radius 3 is 2.19 bits per heavy atom. The summed E-state index contributed by atoms with van der Waals surface area (Å²) in [4.78, 5) is 26.1. The molecule has 0 aromatic heterocycles. The predicted octanol–water partition coefficient (Wildman–Crippen LogP) is 1.49. The molecule has 1 N–H and O–H groups in total. The van der Waals surface area contributed by atoms with Crippen LogP contribution in [0.5, 0.6) is 0 Å².